The Morgan fingerprint density at radius 2 is 1.89 bits per heavy atom. The first-order valence-electron chi connectivity index (χ1n) is 16.0. The summed E-state index contributed by atoms with van der Waals surface area (Å²) < 4.78 is 13.2. The van der Waals surface area contributed by atoms with Crippen molar-refractivity contribution in [1.82, 2.24) is 24.6 Å². The number of nitrogens with one attached hydrogen (secondary N) is 1. The second-order valence-corrected chi connectivity index (χ2v) is 19.1. The highest BCUT2D eigenvalue weighted by Crippen LogP contribution is 2.28. The van der Waals surface area contributed by atoms with Crippen molar-refractivity contribution in [3.8, 4) is 5.75 Å². The maximum Gasteiger partial charge on any atom is 0.211 e. The molecule has 4 aromatic rings. The summed E-state index contributed by atoms with van der Waals surface area (Å²) in [6, 6.07) is 13.6. The molecule has 0 aliphatic carbocycles. The second-order valence-electron chi connectivity index (χ2n) is 13.5. The molecule has 0 atom stereocenters. The van der Waals surface area contributed by atoms with E-state index in [2.05, 4.69) is 62.0 Å². The van der Waals surface area contributed by atoms with Crippen molar-refractivity contribution >= 4 is 36.3 Å². The van der Waals surface area contributed by atoms with Gasteiger partial charge in [0, 0.05) is 63.1 Å². The summed E-state index contributed by atoms with van der Waals surface area (Å²) in [7, 11) is 0.565. The van der Waals surface area contributed by atoms with Gasteiger partial charge in [-0.1, -0.05) is 19.6 Å². The Morgan fingerprint density at radius 3 is 2.67 bits per heavy atom. The Hall–Kier alpha value is -3.80. The van der Waals surface area contributed by atoms with Gasteiger partial charge in [-0.25, -0.2) is 14.6 Å². The monoisotopic (exact) mass is 627 g/mol. The molecule has 238 valence electrons. The molecule has 2 aromatic heterocycles. The van der Waals surface area contributed by atoms with Crippen molar-refractivity contribution in [3.05, 3.63) is 71.3 Å². The summed E-state index contributed by atoms with van der Waals surface area (Å²) in [4.78, 5) is 27.4. The van der Waals surface area contributed by atoms with Crippen molar-refractivity contribution in [1.29, 1.82) is 0 Å². The standard InChI is InChI=1S/C34H45N7O3Si/c1-24-16-26(17-27-20-38-41(33(24)27)23-44-14-15-45(3,4)5)34(42)31-19-32(36-21-35-31)39-12-9-28(10-13-39)40-11-8-25-18-29(43-2)6-7-30(25)37-22-40/h6-7,16-21,28,37H,8-15,22-23H2,1-5H3. The normalized spacial score (nSPS) is 16.3. The van der Waals surface area contributed by atoms with Crippen LogP contribution in [-0.4, -0.2) is 84.6 Å². The van der Waals surface area contributed by atoms with Crippen LogP contribution in [0, 0.1) is 6.92 Å². The van der Waals surface area contributed by atoms with Gasteiger partial charge in [-0.15, -0.1) is 0 Å². The average molecular weight is 628 g/mol. The molecule has 1 saturated heterocycles. The molecule has 0 radical (unpaired) electrons. The molecule has 0 bridgehead atoms. The van der Waals surface area contributed by atoms with E-state index in [1.54, 1.807) is 7.11 Å². The lowest BCUT2D eigenvalue weighted by atomic mass is 10.0. The SMILES string of the molecule is COc1ccc2c(c1)CCN(C1CCN(c3cc(C(=O)c4cc(C)c5c(cnn5COCC[Si](C)(C)C)c4)ncn3)CC1)CN2. The summed E-state index contributed by atoms with van der Waals surface area (Å²) >= 11 is 0. The van der Waals surface area contributed by atoms with Crippen LogP contribution in [0.15, 0.2) is 48.9 Å². The van der Waals surface area contributed by atoms with Crippen LogP contribution in [0.4, 0.5) is 11.5 Å². The number of carbonyl (C=O) groups excluding carboxylic acids is 1. The minimum absolute atomic E-state index is 0.107. The Labute approximate surface area is 266 Å². The second kappa shape index (κ2) is 13.3. The third-order valence-corrected chi connectivity index (χ3v) is 10.7. The zero-order valence-electron chi connectivity index (χ0n) is 27.2. The predicted octanol–water partition coefficient (Wildman–Crippen LogP) is 5.58. The summed E-state index contributed by atoms with van der Waals surface area (Å²) in [6.45, 7) is 13.8. The lowest BCUT2D eigenvalue weighted by Gasteiger charge is -2.38. The number of rotatable bonds is 10. The zero-order chi connectivity index (χ0) is 31.6. The number of aryl methyl sites for hydroxylation is 1. The zero-order valence-corrected chi connectivity index (χ0v) is 28.2. The first-order chi connectivity index (χ1) is 21.7. The van der Waals surface area contributed by atoms with Crippen molar-refractivity contribution in [2.45, 2.75) is 64.6 Å². The molecule has 2 aliphatic rings. The number of hydrogen-bond donors (Lipinski definition) is 1. The summed E-state index contributed by atoms with van der Waals surface area (Å²) in [6.07, 6.45) is 6.40. The lowest BCUT2D eigenvalue weighted by molar-refractivity contribution is 0.0816. The van der Waals surface area contributed by atoms with Crippen molar-refractivity contribution in [2.24, 2.45) is 0 Å². The third kappa shape index (κ3) is 7.21. The molecule has 0 spiro atoms. The largest absolute Gasteiger partial charge is 0.497 e. The molecule has 0 saturated carbocycles. The van der Waals surface area contributed by atoms with E-state index in [1.165, 1.54) is 17.6 Å². The fourth-order valence-electron chi connectivity index (χ4n) is 6.38. The highest BCUT2D eigenvalue weighted by Gasteiger charge is 2.27. The van der Waals surface area contributed by atoms with Crippen LogP contribution < -0.4 is 15.0 Å². The van der Waals surface area contributed by atoms with Gasteiger partial charge in [0.25, 0.3) is 0 Å². The van der Waals surface area contributed by atoms with Crippen LogP contribution in [0.2, 0.25) is 25.7 Å². The van der Waals surface area contributed by atoms with Crippen molar-refractivity contribution < 1.29 is 14.3 Å². The fraction of sp³-hybridized carbons (Fsp3) is 0.471. The van der Waals surface area contributed by atoms with Crippen LogP contribution in [0.25, 0.3) is 10.9 Å². The molecule has 1 N–H and O–H groups in total. The highest BCUT2D eigenvalue weighted by atomic mass is 28.3. The van der Waals surface area contributed by atoms with Gasteiger partial charge in [0.2, 0.25) is 5.78 Å². The molecule has 0 amide bonds. The average Bonchev–Trinajstić information content (AvgIpc) is 3.34. The maximum atomic E-state index is 13.6. The smallest absolute Gasteiger partial charge is 0.211 e. The molecule has 10 nitrogen and oxygen atoms in total. The maximum absolute atomic E-state index is 13.6. The molecular formula is C34H45N7O3Si. The highest BCUT2D eigenvalue weighted by molar-refractivity contribution is 6.76. The number of aromatic nitrogens is 4. The molecule has 2 aromatic carbocycles. The topological polar surface area (TPSA) is 97.6 Å². The van der Waals surface area contributed by atoms with E-state index in [9.17, 15) is 4.79 Å². The summed E-state index contributed by atoms with van der Waals surface area (Å²) in [5.74, 6) is 1.60. The number of carbonyl (C=O) groups is 1. The van der Waals surface area contributed by atoms with Gasteiger partial charge in [-0.2, -0.15) is 5.10 Å². The minimum atomic E-state index is -1.15. The van der Waals surface area contributed by atoms with E-state index >= 15 is 0 Å². The fourth-order valence-corrected chi connectivity index (χ4v) is 7.13. The minimum Gasteiger partial charge on any atom is -0.497 e. The molecule has 0 unspecified atom stereocenters. The predicted molar refractivity (Wildman–Crippen MR) is 181 cm³/mol. The molecule has 45 heavy (non-hydrogen) atoms. The Bertz CT molecular complexity index is 1660. The number of nitrogens with zero attached hydrogens (tertiary/aromatic N) is 6. The van der Waals surface area contributed by atoms with Gasteiger partial charge in [0.1, 0.15) is 30.3 Å². The van der Waals surface area contributed by atoms with Crippen molar-refractivity contribution in [3.63, 3.8) is 0 Å². The van der Waals surface area contributed by atoms with Gasteiger partial charge in [-0.3, -0.25) is 9.69 Å². The van der Waals surface area contributed by atoms with E-state index in [-0.39, 0.29) is 5.78 Å². The molecule has 2 aliphatic heterocycles. The first kappa shape index (κ1) is 31.2. The van der Waals surface area contributed by atoms with E-state index in [0.717, 1.165) is 86.3 Å². The number of methoxy groups -OCH3 is 1. The molecule has 11 heteroatoms. The Morgan fingerprint density at radius 1 is 1.07 bits per heavy atom. The van der Waals surface area contributed by atoms with E-state index < -0.39 is 8.07 Å². The third-order valence-electron chi connectivity index (χ3n) is 9.04. The number of anilines is 2. The van der Waals surface area contributed by atoms with Crippen LogP contribution in [0.5, 0.6) is 5.75 Å². The van der Waals surface area contributed by atoms with E-state index in [4.69, 9.17) is 9.47 Å². The Kier molecular flexibility index (Phi) is 9.20. The van der Waals surface area contributed by atoms with Gasteiger partial charge in [0.15, 0.2) is 0 Å². The molecule has 6 rings (SSSR count). The van der Waals surface area contributed by atoms with Gasteiger partial charge in [-0.05, 0) is 73.7 Å². The van der Waals surface area contributed by atoms with Crippen LogP contribution in [0.3, 0.4) is 0 Å². The number of ketones is 1. The number of hydrogen-bond acceptors (Lipinski definition) is 9. The molecular weight excluding hydrogens is 583 g/mol. The number of benzene rings is 2. The van der Waals surface area contributed by atoms with Gasteiger partial charge in [0.05, 0.1) is 25.5 Å². The first-order valence-corrected chi connectivity index (χ1v) is 19.7. The summed E-state index contributed by atoms with van der Waals surface area (Å²) in [5, 5.41) is 9.10. The van der Waals surface area contributed by atoms with E-state index in [1.807, 2.05) is 42.1 Å². The molecule has 4 heterocycles. The number of ether oxygens (including phenoxy) is 2. The van der Waals surface area contributed by atoms with Gasteiger partial charge < -0.3 is 19.7 Å². The van der Waals surface area contributed by atoms with Crippen LogP contribution in [0.1, 0.15) is 40.0 Å². The number of fused-ring (bicyclic) bond motifs is 2. The molecule has 1 fully saturated rings. The van der Waals surface area contributed by atoms with Gasteiger partial charge >= 0.3 is 0 Å². The quantitative estimate of drug-likeness (QED) is 0.137. The van der Waals surface area contributed by atoms with Crippen LogP contribution >= 0.6 is 0 Å². The summed E-state index contributed by atoms with van der Waals surface area (Å²) in [5.41, 5.74) is 5.50. The number of piperidine rings is 1. The Balaban J connectivity index is 1.08. The van der Waals surface area contributed by atoms with E-state index in [0.29, 0.717) is 24.0 Å². The van der Waals surface area contributed by atoms with Crippen LogP contribution in [-0.2, 0) is 17.9 Å². The van der Waals surface area contributed by atoms with Crippen molar-refractivity contribution in [2.75, 3.05) is 50.2 Å². The lowest BCUT2D eigenvalue weighted by Crippen LogP contribution is -2.47.